The van der Waals surface area contributed by atoms with E-state index in [0.29, 0.717) is 26.3 Å². The lowest BCUT2D eigenvalue weighted by Gasteiger charge is -2.12. The predicted molar refractivity (Wildman–Crippen MR) is 125 cm³/mol. The van der Waals surface area contributed by atoms with Crippen LogP contribution in [0.5, 0.6) is 0 Å². The molecular weight excluding hydrogens is 507 g/mol. The van der Waals surface area contributed by atoms with Crippen molar-refractivity contribution in [2.45, 2.75) is 43.7 Å². The van der Waals surface area contributed by atoms with E-state index in [1.54, 1.807) is 31.4 Å². The summed E-state index contributed by atoms with van der Waals surface area (Å²) in [5.41, 5.74) is 0.937. The van der Waals surface area contributed by atoms with Crippen LogP contribution in [0, 0.1) is 0 Å². The quantitative estimate of drug-likeness (QED) is 0.172. The van der Waals surface area contributed by atoms with Gasteiger partial charge in [0.25, 0.3) is 0 Å². The number of aliphatic imine (C=N–C) groups is 1. The standard InChI is InChI=1S/C19H32N4O4S.HI/c1-3-20-19(21-11-5-12-26-2)22-14-16-7-9-18(10-8-16)28(24,25)23-15-17-6-4-13-27-17;/h7-10,17,23H,3-6,11-15H2,1-2H3,(H2,20,21,22);1H. The van der Waals surface area contributed by atoms with E-state index in [1.165, 1.54) is 0 Å². The second-order valence-electron chi connectivity index (χ2n) is 6.60. The number of rotatable bonds is 11. The van der Waals surface area contributed by atoms with Crippen LogP contribution in [0.25, 0.3) is 0 Å². The van der Waals surface area contributed by atoms with E-state index in [2.05, 4.69) is 20.3 Å². The number of hydrogen-bond acceptors (Lipinski definition) is 5. The van der Waals surface area contributed by atoms with Crippen molar-refractivity contribution in [3.05, 3.63) is 29.8 Å². The van der Waals surface area contributed by atoms with Gasteiger partial charge in [-0.25, -0.2) is 18.1 Å². The molecule has 166 valence electrons. The number of nitrogens with one attached hydrogen (secondary N) is 3. The van der Waals surface area contributed by atoms with Crippen LogP contribution in [0.4, 0.5) is 0 Å². The number of ether oxygens (including phenoxy) is 2. The maximum atomic E-state index is 12.4. The van der Waals surface area contributed by atoms with E-state index in [9.17, 15) is 8.42 Å². The Hall–Kier alpha value is -0.950. The summed E-state index contributed by atoms with van der Waals surface area (Å²) in [6.45, 7) is 5.73. The molecule has 1 saturated heterocycles. The third kappa shape index (κ3) is 9.60. The summed E-state index contributed by atoms with van der Waals surface area (Å²) >= 11 is 0. The van der Waals surface area contributed by atoms with Crippen molar-refractivity contribution in [1.29, 1.82) is 0 Å². The van der Waals surface area contributed by atoms with Crippen LogP contribution in [0.1, 0.15) is 31.7 Å². The van der Waals surface area contributed by atoms with Crippen molar-refractivity contribution in [3.63, 3.8) is 0 Å². The van der Waals surface area contributed by atoms with E-state index in [0.717, 1.165) is 43.9 Å². The van der Waals surface area contributed by atoms with Crippen molar-refractivity contribution in [3.8, 4) is 0 Å². The number of halogens is 1. The lowest BCUT2D eigenvalue weighted by Crippen LogP contribution is -2.38. The number of nitrogens with zero attached hydrogens (tertiary/aromatic N) is 1. The van der Waals surface area contributed by atoms with Crippen LogP contribution in [0.2, 0.25) is 0 Å². The zero-order valence-electron chi connectivity index (χ0n) is 17.1. The normalized spacial score (nSPS) is 17.0. The molecule has 1 unspecified atom stereocenters. The Morgan fingerprint density at radius 2 is 2.03 bits per heavy atom. The van der Waals surface area contributed by atoms with Crippen LogP contribution < -0.4 is 15.4 Å². The first-order valence-corrected chi connectivity index (χ1v) is 11.2. The molecule has 3 N–H and O–H groups in total. The third-order valence-corrected chi connectivity index (χ3v) is 5.78. The van der Waals surface area contributed by atoms with Gasteiger partial charge in [-0.05, 0) is 43.9 Å². The first-order chi connectivity index (χ1) is 13.5. The van der Waals surface area contributed by atoms with E-state index in [4.69, 9.17) is 9.47 Å². The molecule has 29 heavy (non-hydrogen) atoms. The maximum absolute atomic E-state index is 12.4. The van der Waals surface area contributed by atoms with E-state index in [-0.39, 0.29) is 35.0 Å². The molecule has 0 spiro atoms. The number of hydrogen-bond donors (Lipinski definition) is 3. The van der Waals surface area contributed by atoms with Crippen LogP contribution in [-0.4, -0.2) is 60.4 Å². The Balaban J connectivity index is 0.00000420. The summed E-state index contributed by atoms with van der Waals surface area (Å²) in [4.78, 5) is 4.79. The summed E-state index contributed by atoms with van der Waals surface area (Å²) in [6, 6.07) is 6.81. The lowest BCUT2D eigenvalue weighted by molar-refractivity contribution is 0.114. The molecular formula is C19H33IN4O4S. The molecule has 1 aliphatic heterocycles. The van der Waals surface area contributed by atoms with E-state index in [1.807, 2.05) is 6.92 Å². The average Bonchev–Trinajstić information content (AvgIpc) is 3.22. The minimum Gasteiger partial charge on any atom is -0.385 e. The van der Waals surface area contributed by atoms with Crippen LogP contribution in [0.3, 0.4) is 0 Å². The van der Waals surface area contributed by atoms with Crippen molar-refractivity contribution < 1.29 is 17.9 Å². The highest BCUT2D eigenvalue weighted by atomic mass is 127. The maximum Gasteiger partial charge on any atom is 0.240 e. The molecule has 1 aromatic rings. The Morgan fingerprint density at radius 3 is 2.66 bits per heavy atom. The molecule has 0 saturated carbocycles. The van der Waals surface area contributed by atoms with Gasteiger partial charge in [0.05, 0.1) is 17.5 Å². The largest absolute Gasteiger partial charge is 0.385 e. The molecule has 1 aliphatic rings. The minimum atomic E-state index is -3.52. The summed E-state index contributed by atoms with van der Waals surface area (Å²) in [6.07, 6.45) is 2.75. The molecule has 0 bridgehead atoms. The van der Waals surface area contributed by atoms with Gasteiger partial charge < -0.3 is 20.1 Å². The van der Waals surface area contributed by atoms with Gasteiger partial charge in [-0.3, -0.25) is 0 Å². The zero-order chi connectivity index (χ0) is 20.2. The SMILES string of the molecule is CCNC(=NCc1ccc(S(=O)(=O)NCC2CCCO2)cc1)NCCCOC.I. The Kier molecular flexibility index (Phi) is 12.7. The Labute approximate surface area is 191 Å². The summed E-state index contributed by atoms with van der Waals surface area (Å²) in [7, 11) is -1.84. The molecule has 1 heterocycles. The lowest BCUT2D eigenvalue weighted by atomic mass is 10.2. The fraction of sp³-hybridized carbons (Fsp3) is 0.632. The molecule has 8 nitrogen and oxygen atoms in total. The van der Waals surface area contributed by atoms with Gasteiger partial charge in [0.1, 0.15) is 0 Å². The van der Waals surface area contributed by atoms with Gasteiger partial charge in [-0.1, -0.05) is 12.1 Å². The highest BCUT2D eigenvalue weighted by Crippen LogP contribution is 2.14. The summed E-state index contributed by atoms with van der Waals surface area (Å²) < 4.78 is 37.9. The van der Waals surface area contributed by atoms with Gasteiger partial charge in [-0.2, -0.15) is 0 Å². The molecule has 1 fully saturated rings. The summed E-state index contributed by atoms with van der Waals surface area (Å²) in [5.74, 6) is 0.730. The van der Waals surface area contributed by atoms with Crippen molar-refractivity contribution in [1.82, 2.24) is 15.4 Å². The van der Waals surface area contributed by atoms with Gasteiger partial charge in [0.2, 0.25) is 10.0 Å². The molecule has 0 radical (unpaired) electrons. The zero-order valence-corrected chi connectivity index (χ0v) is 20.3. The minimum absolute atomic E-state index is 0. The highest BCUT2D eigenvalue weighted by molar-refractivity contribution is 14.0. The molecule has 0 aliphatic carbocycles. The number of guanidine groups is 1. The van der Waals surface area contributed by atoms with Crippen LogP contribution in [0.15, 0.2) is 34.2 Å². The first kappa shape index (κ1) is 26.1. The third-order valence-electron chi connectivity index (χ3n) is 4.34. The number of methoxy groups -OCH3 is 1. The van der Waals surface area contributed by atoms with Crippen LogP contribution >= 0.6 is 24.0 Å². The monoisotopic (exact) mass is 540 g/mol. The molecule has 10 heteroatoms. The van der Waals surface area contributed by atoms with Gasteiger partial charge in [-0.15, -0.1) is 24.0 Å². The average molecular weight is 540 g/mol. The summed E-state index contributed by atoms with van der Waals surface area (Å²) in [5, 5.41) is 6.44. The van der Waals surface area contributed by atoms with Crippen molar-refractivity contribution >= 4 is 40.0 Å². The number of benzene rings is 1. The van der Waals surface area contributed by atoms with Gasteiger partial charge in [0, 0.05) is 40.0 Å². The van der Waals surface area contributed by atoms with E-state index >= 15 is 0 Å². The van der Waals surface area contributed by atoms with Crippen molar-refractivity contribution in [2.24, 2.45) is 4.99 Å². The first-order valence-electron chi connectivity index (χ1n) is 9.76. The Bertz CT molecular complexity index is 707. The molecule has 2 rings (SSSR count). The molecule has 0 amide bonds. The molecule has 1 atom stereocenters. The predicted octanol–water partition coefficient (Wildman–Crippen LogP) is 1.85. The number of sulfonamides is 1. The smallest absolute Gasteiger partial charge is 0.240 e. The van der Waals surface area contributed by atoms with Crippen LogP contribution in [-0.2, 0) is 26.0 Å². The van der Waals surface area contributed by atoms with Gasteiger partial charge >= 0.3 is 0 Å². The highest BCUT2D eigenvalue weighted by Gasteiger charge is 2.20. The Morgan fingerprint density at radius 1 is 1.28 bits per heavy atom. The molecule has 0 aromatic heterocycles. The second-order valence-corrected chi connectivity index (χ2v) is 8.37. The second kappa shape index (κ2) is 14.1. The van der Waals surface area contributed by atoms with Crippen molar-refractivity contribution in [2.75, 3.05) is 40.0 Å². The molecule has 1 aromatic carbocycles. The fourth-order valence-electron chi connectivity index (χ4n) is 2.80. The van der Waals surface area contributed by atoms with E-state index < -0.39 is 10.0 Å². The fourth-order valence-corrected chi connectivity index (χ4v) is 3.87. The topological polar surface area (TPSA) is 101 Å². The van der Waals surface area contributed by atoms with Gasteiger partial charge in [0.15, 0.2) is 5.96 Å².